The molecule has 0 aromatic carbocycles. The van der Waals surface area contributed by atoms with Gasteiger partial charge in [0.15, 0.2) is 0 Å². The number of hydrogen-bond acceptors (Lipinski definition) is 6. The van der Waals surface area contributed by atoms with Crippen molar-refractivity contribution in [3.63, 3.8) is 0 Å². The molecule has 1 saturated heterocycles. The van der Waals surface area contributed by atoms with Gasteiger partial charge in [-0.25, -0.2) is 4.98 Å². The first-order valence-corrected chi connectivity index (χ1v) is 8.34. The summed E-state index contributed by atoms with van der Waals surface area (Å²) in [5.41, 5.74) is 9.29. The first-order valence-electron chi connectivity index (χ1n) is 8.34. The second-order valence-electron chi connectivity index (χ2n) is 6.34. The molecule has 0 saturated carbocycles. The zero-order chi connectivity index (χ0) is 17.1. The van der Waals surface area contributed by atoms with Gasteiger partial charge in [-0.1, -0.05) is 0 Å². The van der Waals surface area contributed by atoms with Crippen molar-refractivity contribution in [2.75, 3.05) is 30.8 Å². The summed E-state index contributed by atoms with van der Waals surface area (Å²) in [5.74, 6) is 1.32. The highest BCUT2D eigenvalue weighted by Crippen LogP contribution is 2.31. The van der Waals surface area contributed by atoms with Gasteiger partial charge in [-0.15, -0.1) is 0 Å². The average Bonchev–Trinajstić information content (AvgIpc) is 2.91. The predicted octanol–water partition coefficient (Wildman–Crippen LogP) is 1.47. The summed E-state index contributed by atoms with van der Waals surface area (Å²) < 4.78 is 7.19. The van der Waals surface area contributed by atoms with E-state index < -0.39 is 0 Å². The lowest BCUT2D eigenvalue weighted by Gasteiger charge is -2.35. The molecule has 3 heterocycles. The van der Waals surface area contributed by atoms with Crippen LogP contribution in [0, 0.1) is 6.92 Å². The minimum absolute atomic E-state index is 0.490. The maximum absolute atomic E-state index is 5.90. The van der Waals surface area contributed by atoms with Crippen molar-refractivity contribution in [1.29, 1.82) is 0 Å². The van der Waals surface area contributed by atoms with Crippen LogP contribution in [0.4, 0.5) is 11.5 Å². The molecule has 2 aromatic rings. The molecular formula is C17H26N6O. The number of ether oxygens (including phenoxy) is 1. The molecule has 0 radical (unpaired) electrons. The molecule has 0 unspecified atom stereocenters. The lowest BCUT2D eigenvalue weighted by Crippen LogP contribution is -2.42. The van der Waals surface area contributed by atoms with Crippen molar-refractivity contribution in [2.24, 2.45) is 7.05 Å². The van der Waals surface area contributed by atoms with E-state index in [1.165, 1.54) is 5.56 Å². The van der Waals surface area contributed by atoms with Crippen molar-refractivity contribution in [3.8, 4) is 5.88 Å². The van der Waals surface area contributed by atoms with Gasteiger partial charge < -0.3 is 20.7 Å². The van der Waals surface area contributed by atoms with Gasteiger partial charge in [0.25, 0.3) is 0 Å². The van der Waals surface area contributed by atoms with E-state index in [4.69, 9.17) is 10.5 Å². The van der Waals surface area contributed by atoms with Gasteiger partial charge in [0.1, 0.15) is 11.5 Å². The van der Waals surface area contributed by atoms with Crippen LogP contribution in [0.3, 0.4) is 0 Å². The molecule has 0 aliphatic carbocycles. The number of nitrogen functional groups attached to an aromatic ring is 1. The molecule has 24 heavy (non-hydrogen) atoms. The van der Waals surface area contributed by atoms with Crippen LogP contribution < -0.4 is 20.7 Å². The number of nitrogens with two attached hydrogens (primary N) is 1. The standard InChI is InChI=1S/C17H26N6O/c1-12-4-7-19-17(24-3)15(12)23-8-5-14(6-9-23)20-10-13-11-22(2)21-16(13)18/h4,7,11,14,20H,5-6,8-10H2,1-3H3,(H2,18,21). The van der Waals surface area contributed by atoms with E-state index in [1.807, 2.05) is 19.3 Å². The first-order chi connectivity index (χ1) is 11.6. The lowest BCUT2D eigenvalue weighted by molar-refractivity contribution is 0.386. The maximum atomic E-state index is 5.90. The number of pyridine rings is 1. The van der Waals surface area contributed by atoms with E-state index in [0.29, 0.717) is 17.7 Å². The summed E-state index contributed by atoms with van der Waals surface area (Å²) in [4.78, 5) is 6.71. The first kappa shape index (κ1) is 16.6. The van der Waals surface area contributed by atoms with E-state index in [2.05, 4.69) is 27.2 Å². The third-order valence-corrected chi connectivity index (χ3v) is 4.62. The molecule has 1 aliphatic rings. The van der Waals surface area contributed by atoms with Crippen LogP contribution in [0.5, 0.6) is 5.88 Å². The highest BCUT2D eigenvalue weighted by molar-refractivity contribution is 5.60. The van der Waals surface area contributed by atoms with E-state index in [1.54, 1.807) is 18.0 Å². The third kappa shape index (κ3) is 3.46. The minimum Gasteiger partial charge on any atom is -0.480 e. The molecule has 0 spiro atoms. The summed E-state index contributed by atoms with van der Waals surface area (Å²) in [6.45, 7) is 4.85. The van der Waals surface area contributed by atoms with Gasteiger partial charge in [-0.2, -0.15) is 5.10 Å². The smallest absolute Gasteiger partial charge is 0.237 e. The van der Waals surface area contributed by atoms with Crippen molar-refractivity contribution < 1.29 is 4.74 Å². The number of aryl methyl sites for hydroxylation is 2. The summed E-state index contributed by atoms with van der Waals surface area (Å²) in [6, 6.07) is 2.52. The van der Waals surface area contributed by atoms with Crippen LogP contribution >= 0.6 is 0 Å². The highest BCUT2D eigenvalue weighted by atomic mass is 16.5. The molecule has 3 N–H and O–H groups in total. The number of nitrogens with one attached hydrogen (secondary N) is 1. The fourth-order valence-electron chi connectivity index (χ4n) is 3.31. The summed E-state index contributed by atoms with van der Waals surface area (Å²) in [5, 5.41) is 7.78. The second kappa shape index (κ2) is 7.09. The second-order valence-corrected chi connectivity index (χ2v) is 6.34. The number of hydrogen-bond donors (Lipinski definition) is 2. The van der Waals surface area contributed by atoms with Crippen LogP contribution in [0.2, 0.25) is 0 Å². The largest absolute Gasteiger partial charge is 0.480 e. The van der Waals surface area contributed by atoms with Gasteiger partial charge in [-0.3, -0.25) is 4.68 Å². The topological polar surface area (TPSA) is 81.2 Å². The van der Waals surface area contributed by atoms with E-state index in [-0.39, 0.29) is 0 Å². The molecule has 7 heteroatoms. The fourth-order valence-corrected chi connectivity index (χ4v) is 3.31. The third-order valence-electron chi connectivity index (χ3n) is 4.62. The van der Waals surface area contributed by atoms with Gasteiger partial charge in [0, 0.05) is 50.7 Å². The predicted molar refractivity (Wildman–Crippen MR) is 95.2 cm³/mol. The molecule has 3 rings (SSSR count). The molecule has 1 aliphatic heterocycles. The number of nitrogens with zero attached hydrogens (tertiary/aromatic N) is 4. The van der Waals surface area contributed by atoms with Crippen LogP contribution in [-0.2, 0) is 13.6 Å². The quantitative estimate of drug-likeness (QED) is 0.864. The van der Waals surface area contributed by atoms with Gasteiger partial charge >= 0.3 is 0 Å². The molecule has 0 bridgehead atoms. The van der Waals surface area contributed by atoms with E-state index >= 15 is 0 Å². The van der Waals surface area contributed by atoms with Crippen LogP contribution in [-0.4, -0.2) is 41.0 Å². The van der Waals surface area contributed by atoms with Crippen LogP contribution in [0.25, 0.3) is 0 Å². The van der Waals surface area contributed by atoms with Crippen molar-refractivity contribution in [3.05, 3.63) is 29.6 Å². The fraction of sp³-hybridized carbons (Fsp3) is 0.529. The Bertz CT molecular complexity index is 690. The molecule has 130 valence electrons. The molecule has 1 fully saturated rings. The Kier molecular flexibility index (Phi) is 4.89. The summed E-state index contributed by atoms with van der Waals surface area (Å²) in [6.07, 6.45) is 5.93. The number of piperidine rings is 1. The average molecular weight is 330 g/mol. The van der Waals surface area contributed by atoms with Crippen molar-refractivity contribution >= 4 is 11.5 Å². The van der Waals surface area contributed by atoms with Gasteiger partial charge in [0.05, 0.1) is 7.11 Å². The maximum Gasteiger partial charge on any atom is 0.237 e. The normalized spacial score (nSPS) is 15.7. The lowest BCUT2D eigenvalue weighted by atomic mass is 10.0. The molecule has 0 amide bonds. The number of methoxy groups -OCH3 is 1. The Morgan fingerprint density at radius 2 is 2.12 bits per heavy atom. The summed E-state index contributed by atoms with van der Waals surface area (Å²) in [7, 11) is 3.57. The van der Waals surface area contributed by atoms with Crippen LogP contribution in [0.15, 0.2) is 18.5 Å². The zero-order valence-corrected chi connectivity index (χ0v) is 14.6. The van der Waals surface area contributed by atoms with Crippen molar-refractivity contribution in [1.82, 2.24) is 20.1 Å². The van der Waals surface area contributed by atoms with Crippen LogP contribution in [0.1, 0.15) is 24.0 Å². The summed E-state index contributed by atoms with van der Waals surface area (Å²) >= 11 is 0. The minimum atomic E-state index is 0.490. The Hall–Kier alpha value is -2.28. The Morgan fingerprint density at radius 3 is 2.75 bits per heavy atom. The van der Waals surface area contributed by atoms with E-state index in [0.717, 1.165) is 43.7 Å². The Balaban J connectivity index is 1.57. The van der Waals surface area contributed by atoms with Gasteiger partial charge in [-0.05, 0) is 31.4 Å². The van der Waals surface area contributed by atoms with Gasteiger partial charge in [0.2, 0.25) is 5.88 Å². The monoisotopic (exact) mass is 330 g/mol. The number of rotatable bonds is 5. The Morgan fingerprint density at radius 1 is 1.38 bits per heavy atom. The molecule has 7 nitrogen and oxygen atoms in total. The number of anilines is 2. The zero-order valence-electron chi connectivity index (χ0n) is 14.6. The Labute approximate surface area is 142 Å². The SMILES string of the molecule is COc1nccc(C)c1N1CCC(NCc2cn(C)nc2N)CC1. The molecule has 0 atom stereocenters. The van der Waals surface area contributed by atoms with Crippen molar-refractivity contribution in [2.45, 2.75) is 32.4 Å². The highest BCUT2D eigenvalue weighted by Gasteiger charge is 2.23. The molecular weight excluding hydrogens is 304 g/mol. The number of aromatic nitrogens is 3. The van der Waals surface area contributed by atoms with E-state index in [9.17, 15) is 0 Å². The molecule has 2 aromatic heterocycles.